The molecule has 18 heteroatoms. The van der Waals surface area contributed by atoms with Crippen LogP contribution in [0.25, 0.3) is 0 Å². The van der Waals surface area contributed by atoms with E-state index in [4.69, 9.17) is 24.7 Å². The molecule has 0 saturated heterocycles. The average Bonchev–Trinajstić information content (AvgIpc) is 2.98. The van der Waals surface area contributed by atoms with Crippen LogP contribution in [0.3, 0.4) is 0 Å². The van der Waals surface area contributed by atoms with Crippen molar-refractivity contribution < 1.29 is 51.3 Å². The molecule has 56 heavy (non-hydrogen) atoms. The molecule has 1 amide bonds. The van der Waals surface area contributed by atoms with E-state index in [9.17, 15) is 32.4 Å². The normalized spacial score (nSPS) is 13.4. The third-order valence-electron chi connectivity index (χ3n) is 7.34. The van der Waals surface area contributed by atoms with Gasteiger partial charge in [0.15, 0.2) is 0 Å². The minimum Gasteiger partial charge on any atom is -0.459 e. The lowest BCUT2D eigenvalue weighted by molar-refractivity contribution is -0.163. The molecule has 0 radical (unpaired) electrons. The van der Waals surface area contributed by atoms with Crippen LogP contribution in [0.15, 0.2) is 0 Å². The van der Waals surface area contributed by atoms with E-state index in [1.54, 1.807) is 88.0 Å². The maximum Gasteiger partial charge on any atom is 0.323 e. The highest BCUT2D eigenvalue weighted by Gasteiger charge is 2.32. The summed E-state index contributed by atoms with van der Waals surface area (Å²) in [6.07, 6.45) is -0.236. The third kappa shape index (κ3) is 28.5. The Morgan fingerprint density at radius 3 is 1.61 bits per heavy atom. The van der Waals surface area contributed by atoms with Gasteiger partial charge in [-0.1, -0.05) is 6.92 Å². The summed E-state index contributed by atoms with van der Waals surface area (Å²) in [6.45, 7) is 25.2. The lowest BCUT2D eigenvalue weighted by Gasteiger charge is -2.34. The van der Waals surface area contributed by atoms with Crippen LogP contribution in [0.4, 0.5) is 0 Å². The van der Waals surface area contributed by atoms with Crippen LogP contribution in [0, 0.1) is 0 Å². The predicted molar refractivity (Wildman–Crippen MR) is 215 cm³/mol. The number of hydrogen-bond acceptors (Lipinski definition) is 16. The summed E-state index contributed by atoms with van der Waals surface area (Å²) in [5, 5.41) is 3.05. The molecule has 0 aromatic carbocycles. The van der Waals surface area contributed by atoms with Gasteiger partial charge < -0.3 is 30.0 Å². The summed E-state index contributed by atoms with van der Waals surface area (Å²) in [5.41, 5.74) is 2.50. The monoisotopic (exact) mass is 823 g/mol. The Bertz CT molecular complexity index is 1350. The molecule has 1 atom stereocenters. The largest absolute Gasteiger partial charge is 0.459 e. The highest BCUT2D eigenvalue weighted by Crippen LogP contribution is 2.17. The van der Waals surface area contributed by atoms with Crippen molar-refractivity contribution in [2.45, 2.75) is 138 Å². The summed E-state index contributed by atoms with van der Waals surface area (Å²) in [4.78, 5) is 70.4. The van der Waals surface area contributed by atoms with E-state index >= 15 is 0 Å². The van der Waals surface area contributed by atoms with E-state index in [1.807, 2.05) is 16.7 Å². The topological polar surface area (TPSA) is 216 Å². The second-order valence-electron chi connectivity index (χ2n) is 17.7. The summed E-state index contributed by atoms with van der Waals surface area (Å²) in [6, 6.07) is -1.02. The first-order valence-electron chi connectivity index (χ1n) is 19.5. The summed E-state index contributed by atoms with van der Waals surface area (Å²) in [7, 11) is -3.92. The van der Waals surface area contributed by atoms with Gasteiger partial charge in [0.2, 0.25) is 15.9 Å². The number of ether oxygens (including phenoxy) is 4. The van der Waals surface area contributed by atoms with Crippen LogP contribution in [0.2, 0.25) is 0 Å². The second-order valence-corrected chi connectivity index (χ2v) is 19.5. The molecule has 0 aliphatic carbocycles. The fraction of sp³-hybridized carbons (Fsp3) is 0.868. The van der Waals surface area contributed by atoms with Gasteiger partial charge in [-0.15, -0.1) is 0 Å². The molecule has 0 rings (SSSR count). The lowest BCUT2D eigenvalue weighted by Crippen LogP contribution is -2.51. The summed E-state index contributed by atoms with van der Waals surface area (Å²) >= 11 is 0. The van der Waals surface area contributed by atoms with Crippen molar-refractivity contribution in [2.75, 3.05) is 77.7 Å². The number of nitrogens with one attached hydrogen (secondary N) is 2. The number of hydrogen-bond donors (Lipinski definition) is 3. The van der Waals surface area contributed by atoms with Gasteiger partial charge in [0, 0.05) is 45.7 Å². The zero-order valence-corrected chi connectivity index (χ0v) is 37.3. The zero-order chi connectivity index (χ0) is 43.5. The molecule has 0 aliphatic rings. The number of amides is 1. The molecule has 17 nitrogen and oxygen atoms in total. The molecular weight excluding hydrogens is 749 g/mol. The van der Waals surface area contributed by atoms with Gasteiger partial charge >= 0.3 is 23.9 Å². The molecule has 0 aromatic heterocycles. The minimum absolute atomic E-state index is 0.0498. The first-order valence-corrected chi connectivity index (χ1v) is 21.1. The van der Waals surface area contributed by atoms with Gasteiger partial charge in [0.1, 0.15) is 28.4 Å². The molecule has 1 unspecified atom stereocenters. The van der Waals surface area contributed by atoms with Gasteiger partial charge in [-0.25, -0.2) is 8.42 Å². The molecule has 328 valence electrons. The first kappa shape index (κ1) is 53.1. The van der Waals surface area contributed by atoms with Crippen molar-refractivity contribution in [3.8, 4) is 0 Å². The first-order chi connectivity index (χ1) is 25.4. The molecule has 0 aromatic rings. The molecule has 0 saturated carbocycles. The minimum atomic E-state index is -3.92. The van der Waals surface area contributed by atoms with Crippen molar-refractivity contribution >= 4 is 39.8 Å². The van der Waals surface area contributed by atoms with E-state index in [0.717, 1.165) is 0 Å². The molecule has 0 fully saturated rings. The van der Waals surface area contributed by atoms with Crippen molar-refractivity contribution in [3.63, 3.8) is 0 Å². The van der Waals surface area contributed by atoms with Crippen LogP contribution >= 0.6 is 0 Å². The smallest absolute Gasteiger partial charge is 0.323 e. The van der Waals surface area contributed by atoms with Gasteiger partial charge in [-0.05, 0) is 109 Å². The number of rotatable bonds is 25. The molecular formula is C38H74N6O11S. The summed E-state index contributed by atoms with van der Waals surface area (Å²) < 4.78 is 49.2. The Kier molecular flexibility index (Phi) is 22.9. The molecule has 4 N–H and O–H groups in total. The maximum atomic E-state index is 13.8. The van der Waals surface area contributed by atoms with E-state index in [0.29, 0.717) is 19.6 Å². The van der Waals surface area contributed by atoms with Crippen LogP contribution in [-0.4, -0.2) is 159 Å². The number of esters is 4. The Morgan fingerprint density at radius 2 is 1.12 bits per heavy atom. The van der Waals surface area contributed by atoms with Crippen molar-refractivity contribution in [1.82, 2.24) is 24.7 Å². The lowest BCUT2D eigenvalue weighted by atomic mass is 10.1. The second kappa shape index (κ2) is 24.1. The standard InChI is InChI=1S/C38H74N6O11S/c1-14-42(27-32(47)53-36(5,6)7)21-22-43(28-33(48)54-37(8,9)10)23-24-44(20-19-40-26-31(46)52-35(2,3)4)29(34(49)55-38(11,12)13)16-17-30(45)41-56(50,51)25-15-18-39/h29,40H,14-28,39H2,1-13H3,(H,41,45). The van der Waals surface area contributed by atoms with Crippen LogP contribution < -0.4 is 15.8 Å². The average molecular weight is 823 g/mol. The van der Waals surface area contributed by atoms with Crippen LogP contribution in [0.5, 0.6) is 0 Å². The SMILES string of the molecule is CCN(CCN(CCN(CCNCC(=O)OC(C)(C)C)C(CCC(=O)NS(=O)(=O)CCCN)C(=O)OC(C)(C)C)CC(=O)OC(C)(C)C)CC(=O)OC(C)(C)C. The van der Waals surface area contributed by atoms with Gasteiger partial charge in [-0.2, -0.15) is 0 Å². The number of nitrogens with two attached hydrogens (primary N) is 1. The van der Waals surface area contributed by atoms with Gasteiger partial charge in [0.05, 0.1) is 25.4 Å². The number of carbonyl (C=O) groups excluding carboxylic acids is 5. The fourth-order valence-electron chi connectivity index (χ4n) is 5.13. The highest BCUT2D eigenvalue weighted by atomic mass is 32.2. The van der Waals surface area contributed by atoms with Gasteiger partial charge in [-0.3, -0.25) is 43.4 Å². The third-order valence-corrected chi connectivity index (χ3v) is 8.71. The van der Waals surface area contributed by atoms with Crippen LogP contribution in [0.1, 0.15) is 109 Å². The predicted octanol–water partition coefficient (Wildman–Crippen LogP) is 1.81. The van der Waals surface area contributed by atoms with Crippen molar-refractivity contribution in [2.24, 2.45) is 5.73 Å². The van der Waals surface area contributed by atoms with Crippen LogP contribution in [-0.2, 0) is 52.9 Å². The van der Waals surface area contributed by atoms with E-state index in [1.165, 1.54) is 0 Å². The zero-order valence-electron chi connectivity index (χ0n) is 36.5. The fourth-order valence-corrected chi connectivity index (χ4v) is 6.23. The number of carbonyl (C=O) groups is 5. The Balaban J connectivity index is 6.50. The number of likely N-dealkylation sites (N-methyl/N-ethyl adjacent to an activating group) is 1. The van der Waals surface area contributed by atoms with Crippen molar-refractivity contribution in [1.29, 1.82) is 0 Å². The molecule has 0 heterocycles. The maximum absolute atomic E-state index is 13.8. The van der Waals surface area contributed by atoms with E-state index in [-0.39, 0.29) is 83.3 Å². The highest BCUT2D eigenvalue weighted by molar-refractivity contribution is 7.90. The molecule has 0 bridgehead atoms. The number of sulfonamides is 1. The Morgan fingerprint density at radius 1 is 0.661 bits per heavy atom. The Hall–Kier alpha value is -2.90. The van der Waals surface area contributed by atoms with Gasteiger partial charge in [0.25, 0.3) is 0 Å². The molecule has 0 aliphatic heterocycles. The molecule has 0 spiro atoms. The number of nitrogens with zero attached hydrogens (tertiary/aromatic N) is 3. The van der Waals surface area contributed by atoms with Crippen molar-refractivity contribution in [3.05, 3.63) is 0 Å². The Labute approximate surface area is 336 Å². The van der Waals surface area contributed by atoms with E-state index < -0.39 is 62.3 Å². The summed E-state index contributed by atoms with van der Waals surface area (Å²) in [5.74, 6) is -3.03. The van der Waals surface area contributed by atoms with E-state index in [2.05, 4.69) is 10.0 Å². The quantitative estimate of drug-likeness (QED) is 0.0680.